The van der Waals surface area contributed by atoms with Crippen LogP contribution >= 0.6 is 0 Å². The zero-order valence-corrected chi connectivity index (χ0v) is 20.3. The van der Waals surface area contributed by atoms with Gasteiger partial charge >= 0.3 is 23.9 Å². The second-order valence-electron chi connectivity index (χ2n) is 8.34. The average molecular weight is 505 g/mol. The van der Waals surface area contributed by atoms with Gasteiger partial charge in [-0.3, -0.25) is 4.18 Å². The van der Waals surface area contributed by atoms with Crippen LogP contribution in [-0.2, 0) is 33.5 Å². The molecule has 0 aliphatic heterocycles. The van der Waals surface area contributed by atoms with E-state index in [-0.39, 0.29) is 12.8 Å². The van der Waals surface area contributed by atoms with Crippen LogP contribution < -0.4 is 0 Å². The highest BCUT2D eigenvalue weighted by atomic mass is 32.2. The lowest BCUT2D eigenvalue weighted by Crippen LogP contribution is -2.36. The van der Waals surface area contributed by atoms with E-state index in [0.29, 0.717) is 25.7 Å². The third kappa shape index (κ3) is 7.94. The zero-order valence-electron chi connectivity index (χ0n) is 19.4. The minimum atomic E-state index is -4.14. The molecule has 12 heteroatoms. The number of unbranched alkanes of at least 4 members (excludes halogenated alkanes) is 2. The monoisotopic (exact) mass is 504 g/mol. The molecule has 3 unspecified atom stereocenters. The molecular formula is C22H32O11S. The fraction of sp³-hybridized carbons (Fsp3) is 0.636. The Labute approximate surface area is 198 Å². The van der Waals surface area contributed by atoms with E-state index in [2.05, 4.69) is 0 Å². The molecule has 0 aromatic heterocycles. The van der Waals surface area contributed by atoms with Gasteiger partial charge in [0.1, 0.15) is 0 Å². The summed E-state index contributed by atoms with van der Waals surface area (Å²) in [7, 11) is -4.14. The van der Waals surface area contributed by atoms with Crippen LogP contribution in [0.15, 0.2) is 22.3 Å². The number of carboxylic acids is 4. The maximum absolute atomic E-state index is 12.3. The predicted octanol–water partition coefficient (Wildman–Crippen LogP) is 2.67. The van der Waals surface area contributed by atoms with Crippen LogP contribution in [0.5, 0.6) is 0 Å². The average Bonchev–Trinajstić information content (AvgIpc) is 2.68. The molecule has 4 N–H and O–H groups in total. The van der Waals surface area contributed by atoms with Crippen LogP contribution in [0.2, 0.25) is 0 Å². The third-order valence-corrected chi connectivity index (χ3v) is 6.37. The molecule has 0 saturated carbocycles. The van der Waals surface area contributed by atoms with Crippen molar-refractivity contribution in [1.82, 2.24) is 0 Å². The van der Waals surface area contributed by atoms with E-state index >= 15 is 0 Å². The Kier molecular flexibility index (Phi) is 10.9. The quantitative estimate of drug-likeness (QED) is 0.269. The molecule has 0 heterocycles. The number of hydrogen-bond acceptors (Lipinski definition) is 7. The van der Waals surface area contributed by atoms with E-state index in [1.807, 2.05) is 6.92 Å². The lowest BCUT2D eigenvalue weighted by atomic mass is 9.74. The highest BCUT2D eigenvalue weighted by Crippen LogP contribution is 2.40. The van der Waals surface area contributed by atoms with E-state index < -0.39 is 87.1 Å². The Balaban J connectivity index is 3.97. The fourth-order valence-corrected chi connectivity index (χ4v) is 5.00. The summed E-state index contributed by atoms with van der Waals surface area (Å²) >= 11 is 0. The predicted molar refractivity (Wildman–Crippen MR) is 120 cm³/mol. The zero-order chi connectivity index (χ0) is 26.2. The summed E-state index contributed by atoms with van der Waals surface area (Å²) in [5, 5.41) is 39.6. The van der Waals surface area contributed by atoms with Crippen molar-refractivity contribution in [2.24, 2.45) is 11.8 Å². The summed E-state index contributed by atoms with van der Waals surface area (Å²) in [6, 6.07) is 0. The van der Waals surface area contributed by atoms with Gasteiger partial charge in [0, 0.05) is 17.1 Å². The van der Waals surface area contributed by atoms with Gasteiger partial charge in [0.15, 0.2) is 0 Å². The SMILES string of the molecule is CCCCC1CC(C(=O)O)=C(C(=O)O)C(C(CCCC)OS(C)(=O)=O)CC(C(=O)O)=C1C(=O)O. The number of carbonyl (C=O) groups is 4. The normalized spacial score (nSPS) is 20.4. The van der Waals surface area contributed by atoms with Crippen molar-refractivity contribution in [3.63, 3.8) is 0 Å². The Morgan fingerprint density at radius 3 is 1.76 bits per heavy atom. The molecule has 3 atom stereocenters. The number of aliphatic carboxylic acids is 4. The van der Waals surface area contributed by atoms with Crippen LogP contribution in [0.25, 0.3) is 0 Å². The molecule has 0 aromatic carbocycles. The largest absolute Gasteiger partial charge is 0.478 e. The Morgan fingerprint density at radius 1 is 0.853 bits per heavy atom. The smallest absolute Gasteiger partial charge is 0.332 e. The molecule has 0 bridgehead atoms. The third-order valence-electron chi connectivity index (χ3n) is 5.78. The van der Waals surface area contributed by atoms with Gasteiger partial charge in [-0.15, -0.1) is 0 Å². The second kappa shape index (κ2) is 12.7. The maximum atomic E-state index is 12.3. The molecule has 0 aromatic rings. The van der Waals surface area contributed by atoms with Crippen molar-refractivity contribution in [3.05, 3.63) is 22.3 Å². The first-order valence-corrected chi connectivity index (χ1v) is 12.8. The Hall–Kier alpha value is -2.73. The summed E-state index contributed by atoms with van der Waals surface area (Å²) in [5.41, 5.74) is -2.33. The highest BCUT2D eigenvalue weighted by molar-refractivity contribution is 7.86. The van der Waals surface area contributed by atoms with Gasteiger partial charge < -0.3 is 20.4 Å². The van der Waals surface area contributed by atoms with Gasteiger partial charge in [0.2, 0.25) is 0 Å². The van der Waals surface area contributed by atoms with Gasteiger partial charge in [-0.05, 0) is 31.6 Å². The lowest BCUT2D eigenvalue weighted by Gasteiger charge is -2.32. The standard InChI is InChI=1S/C22H32O11S/c1-4-6-8-12-10-14(19(23)24)18(22(29)30)13(11-15(20(25)26)17(12)21(27)28)16(9-7-5-2)33-34(3,31)32/h12-13,16H,4-11H2,1-3H3,(H,23,24)(H,25,26)(H,27,28)(H,29,30). The summed E-state index contributed by atoms with van der Waals surface area (Å²) in [5.74, 6) is -8.96. The molecule has 11 nitrogen and oxygen atoms in total. The van der Waals surface area contributed by atoms with Crippen molar-refractivity contribution in [2.45, 2.75) is 71.3 Å². The van der Waals surface area contributed by atoms with E-state index in [4.69, 9.17) is 4.18 Å². The number of rotatable bonds is 13. The maximum Gasteiger partial charge on any atom is 0.332 e. The minimum absolute atomic E-state index is 0.00746. The van der Waals surface area contributed by atoms with Crippen molar-refractivity contribution in [3.8, 4) is 0 Å². The van der Waals surface area contributed by atoms with Gasteiger partial charge in [0.25, 0.3) is 10.1 Å². The minimum Gasteiger partial charge on any atom is -0.478 e. The summed E-state index contributed by atoms with van der Waals surface area (Å²) < 4.78 is 29.0. The van der Waals surface area contributed by atoms with E-state index in [9.17, 15) is 48.0 Å². The van der Waals surface area contributed by atoms with Crippen LogP contribution in [-0.4, -0.2) is 65.1 Å². The molecule has 192 valence electrons. The molecule has 0 spiro atoms. The number of carboxylic acid groups (broad SMARTS) is 4. The van der Waals surface area contributed by atoms with E-state index in [1.54, 1.807) is 6.92 Å². The summed E-state index contributed by atoms with van der Waals surface area (Å²) in [6.07, 6.45) is 0.276. The molecule has 1 rings (SSSR count). The van der Waals surface area contributed by atoms with Gasteiger partial charge in [0.05, 0.1) is 23.5 Å². The first kappa shape index (κ1) is 29.3. The highest BCUT2D eigenvalue weighted by Gasteiger charge is 2.42. The van der Waals surface area contributed by atoms with Crippen LogP contribution in [0.1, 0.15) is 65.2 Å². The topological polar surface area (TPSA) is 193 Å². The molecule has 0 fully saturated rings. The fourth-order valence-electron chi connectivity index (χ4n) is 4.32. The molecule has 0 amide bonds. The van der Waals surface area contributed by atoms with Crippen LogP contribution in [0.3, 0.4) is 0 Å². The molecule has 1 aliphatic carbocycles. The molecule has 34 heavy (non-hydrogen) atoms. The Bertz CT molecular complexity index is 975. The van der Waals surface area contributed by atoms with Gasteiger partial charge in [-0.2, -0.15) is 8.42 Å². The van der Waals surface area contributed by atoms with Crippen molar-refractivity contribution in [2.75, 3.05) is 6.26 Å². The first-order chi connectivity index (χ1) is 15.7. The van der Waals surface area contributed by atoms with E-state index in [0.717, 1.165) is 6.26 Å². The molecule has 0 radical (unpaired) electrons. The van der Waals surface area contributed by atoms with Gasteiger partial charge in [-0.1, -0.05) is 39.5 Å². The molecule has 0 saturated heterocycles. The van der Waals surface area contributed by atoms with Crippen LogP contribution in [0, 0.1) is 11.8 Å². The first-order valence-electron chi connectivity index (χ1n) is 11.0. The van der Waals surface area contributed by atoms with Crippen molar-refractivity contribution >= 4 is 34.0 Å². The van der Waals surface area contributed by atoms with Crippen molar-refractivity contribution in [1.29, 1.82) is 0 Å². The van der Waals surface area contributed by atoms with Gasteiger partial charge in [-0.25, -0.2) is 19.2 Å². The summed E-state index contributed by atoms with van der Waals surface area (Å²) in [6.45, 7) is 3.61. The second-order valence-corrected chi connectivity index (χ2v) is 9.94. The van der Waals surface area contributed by atoms with E-state index in [1.165, 1.54) is 0 Å². The van der Waals surface area contributed by atoms with Crippen molar-refractivity contribution < 1.29 is 52.2 Å². The molecule has 1 aliphatic rings. The van der Waals surface area contributed by atoms with Crippen LogP contribution in [0.4, 0.5) is 0 Å². The Morgan fingerprint density at radius 2 is 1.35 bits per heavy atom. The lowest BCUT2D eigenvalue weighted by molar-refractivity contribution is -0.138. The molecular weight excluding hydrogens is 472 g/mol. The summed E-state index contributed by atoms with van der Waals surface area (Å²) in [4.78, 5) is 48.7. The number of hydrogen-bond donors (Lipinski definition) is 4.